The number of ether oxygens (including phenoxy) is 1. The molecule has 1 N–H and O–H groups in total. The van der Waals surface area contributed by atoms with E-state index in [4.69, 9.17) is 4.74 Å². The van der Waals surface area contributed by atoms with Crippen LogP contribution < -0.4 is 4.74 Å². The molecule has 2 aromatic carbocycles. The Morgan fingerprint density at radius 3 is 2.58 bits per heavy atom. The molecule has 0 spiro atoms. The number of benzene rings is 2. The van der Waals surface area contributed by atoms with Gasteiger partial charge in [0.2, 0.25) is 0 Å². The molecule has 0 radical (unpaired) electrons. The Labute approximate surface area is 112 Å². The van der Waals surface area contributed by atoms with Crippen molar-refractivity contribution in [3.05, 3.63) is 59.9 Å². The fourth-order valence-electron chi connectivity index (χ4n) is 2.15. The highest BCUT2D eigenvalue weighted by molar-refractivity contribution is 5.74. The van der Waals surface area contributed by atoms with Gasteiger partial charge in [-0.2, -0.15) is 0 Å². The smallest absolute Gasteiger partial charge is 0.119 e. The molecule has 0 saturated heterocycles. The third-order valence-corrected chi connectivity index (χ3v) is 3.04. The van der Waals surface area contributed by atoms with Gasteiger partial charge in [-0.3, -0.25) is 0 Å². The molecule has 1 heterocycles. The summed E-state index contributed by atoms with van der Waals surface area (Å²) in [5.41, 5.74) is 3.33. The number of hydrogen-bond acceptors (Lipinski definition) is 2. The second-order valence-corrected chi connectivity index (χ2v) is 4.45. The SMILES string of the molecule is CCOc1ccc(Cc2nc3ccccc3[nH]2)cc1. The van der Waals surface area contributed by atoms with Gasteiger partial charge in [0.05, 0.1) is 17.6 Å². The number of imidazole rings is 1. The standard InChI is InChI=1S/C16H16N2O/c1-2-19-13-9-7-12(8-10-13)11-16-17-14-5-3-4-6-15(14)18-16/h3-10H,2,11H2,1H3,(H,17,18). The number of hydrogen-bond donors (Lipinski definition) is 1. The van der Waals surface area contributed by atoms with Crippen LogP contribution in [-0.4, -0.2) is 16.6 Å². The fourth-order valence-corrected chi connectivity index (χ4v) is 2.15. The summed E-state index contributed by atoms with van der Waals surface area (Å²) >= 11 is 0. The number of fused-ring (bicyclic) bond motifs is 1. The van der Waals surface area contributed by atoms with Gasteiger partial charge in [-0.15, -0.1) is 0 Å². The van der Waals surface area contributed by atoms with E-state index in [1.54, 1.807) is 0 Å². The van der Waals surface area contributed by atoms with Crippen LogP contribution in [-0.2, 0) is 6.42 Å². The maximum atomic E-state index is 5.44. The van der Waals surface area contributed by atoms with Crippen molar-refractivity contribution in [3.63, 3.8) is 0 Å². The number of nitrogens with one attached hydrogen (secondary N) is 1. The van der Waals surface area contributed by atoms with Crippen molar-refractivity contribution in [1.82, 2.24) is 9.97 Å². The molecule has 0 amide bonds. The van der Waals surface area contributed by atoms with Crippen molar-refractivity contribution in [2.75, 3.05) is 6.61 Å². The van der Waals surface area contributed by atoms with E-state index < -0.39 is 0 Å². The van der Waals surface area contributed by atoms with E-state index in [0.29, 0.717) is 6.61 Å². The molecule has 0 aliphatic rings. The lowest BCUT2D eigenvalue weighted by Crippen LogP contribution is -1.93. The summed E-state index contributed by atoms with van der Waals surface area (Å²) in [5, 5.41) is 0. The van der Waals surface area contributed by atoms with Gasteiger partial charge in [0.25, 0.3) is 0 Å². The van der Waals surface area contributed by atoms with E-state index in [1.807, 2.05) is 43.3 Å². The highest BCUT2D eigenvalue weighted by Crippen LogP contribution is 2.16. The van der Waals surface area contributed by atoms with Crippen molar-refractivity contribution in [2.24, 2.45) is 0 Å². The monoisotopic (exact) mass is 252 g/mol. The summed E-state index contributed by atoms with van der Waals surface area (Å²) in [6.07, 6.45) is 0.807. The van der Waals surface area contributed by atoms with Gasteiger partial charge in [0, 0.05) is 6.42 Å². The number of aromatic nitrogens is 2. The summed E-state index contributed by atoms with van der Waals surface area (Å²) in [6, 6.07) is 16.3. The van der Waals surface area contributed by atoms with Crippen LogP contribution in [0.3, 0.4) is 0 Å². The Morgan fingerprint density at radius 1 is 1.05 bits per heavy atom. The highest BCUT2D eigenvalue weighted by Gasteiger charge is 2.03. The molecular formula is C16H16N2O. The lowest BCUT2D eigenvalue weighted by atomic mass is 10.1. The zero-order valence-electron chi connectivity index (χ0n) is 10.9. The first kappa shape index (κ1) is 11.8. The van der Waals surface area contributed by atoms with Crippen LogP contribution in [0.5, 0.6) is 5.75 Å². The molecule has 0 aliphatic carbocycles. The van der Waals surface area contributed by atoms with Gasteiger partial charge in [-0.05, 0) is 36.8 Å². The van der Waals surface area contributed by atoms with Gasteiger partial charge in [0.15, 0.2) is 0 Å². The predicted octanol–water partition coefficient (Wildman–Crippen LogP) is 3.55. The first-order valence-electron chi connectivity index (χ1n) is 6.50. The van der Waals surface area contributed by atoms with Crippen molar-refractivity contribution in [2.45, 2.75) is 13.3 Å². The van der Waals surface area contributed by atoms with Crippen LogP contribution in [0.15, 0.2) is 48.5 Å². The lowest BCUT2D eigenvalue weighted by molar-refractivity contribution is 0.340. The van der Waals surface area contributed by atoms with Crippen molar-refractivity contribution >= 4 is 11.0 Å². The zero-order chi connectivity index (χ0) is 13.1. The van der Waals surface area contributed by atoms with Crippen LogP contribution in [0.1, 0.15) is 18.3 Å². The molecule has 0 bridgehead atoms. The molecule has 3 aromatic rings. The van der Waals surface area contributed by atoms with Gasteiger partial charge < -0.3 is 9.72 Å². The van der Waals surface area contributed by atoms with Crippen LogP contribution in [0.25, 0.3) is 11.0 Å². The Bertz CT molecular complexity index is 638. The van der Waals surface area contributed by atoms with Crippen molar-refractivity contribution in [3.8, 4) is 5.75 Å². The van der Waals surface area contributed by atoms with E-state index >= 15 is 0 Å². The molecule has 3 rings (SSSR count). The summed E-state index contributed by atoms with van der Waals surface area (Å²) < 4.78 is 5.44. The molecule has 0 saturated carbocycles. The minimum Gasteiger partial charge on any atom is -0.494 e. The maximum Gasteiger partial charge on any atom is 0.119 e. The molecule has 0 unspecified atom stereocenters. The van der Waals surface area contributed by atoms with Crippen LogP contribution in [0.2, 0.25) is 0 Å². The quantitative estimate of drug-likeness (QED) is 0.771. The minimum absolute atomic E-state index is 0.697. The van der Waals surface area contributed by atoms with Gasteiger partial charge >= 0.3 is 0 Å². The van der Waals surface area contributed by atoms with Crippen molar-refractivity contribution in [1.29, 1.82) is 0 Å². The maximum absolute atomic E-state index is 5.44. The molecule has 3 heteroatoms. The molecule has 0 fully saturated rings. The Morgan fingerprint density at radius 2 is 1.84 bits per heavy atom. The summed E-state index contributed by atoms with van der Waals surface area (Å²) in [6.45, 7) is 2.69. The number of H-pyrrole nitrogens is 1. The van der Waals surface area contributed by atoms with Crippen LogP contribution >= 0.6 is 0 Å². The average molecular weight is 252 g/mol. The van der Waals surface area contributed by atoms with Crippen LogP contribution in [0.4, 0.5) is 0 Å². The number of aromatic amines is 1. The van der Waals surface area contributed by atoms with Gasteiger partial charge in [-0.1, -0.05) is 24.3 Å². The molecular weight excluding hydrogens is 236 g/mol. The van der Waals surface area contributed by atoms with E-state index in [0.717, 1.165) is 29.0 Å². The first-order valence-corrected chi connectivity index (χ1v) is 6.50. The predicted molar refractivity (Wildman–Crippen MR) is 76.5 cm³/mol. The highest BCUT2D eigenvalue weighted by atomic mass is 16.5. The lowest BCUT2D eigenvalue weighted by Gasteiger charge is -2.03. The average Bonchev–Trinajstić information content (AvgIpc) is 2.83. The normalized spacial score (nSPS) is 10.8. The van der Waals surface area contributed by atoms with E-state index in [-0.39, 0.29) is 0 Å². The second-order valence-electron chi connectivity index (χ2n) is 4.45. The Balaban J connectivity index is 1.80. The Kier molecular flexibility index (Phi) is 3.19. The van der Waals surface area contributed by atoms with Gasteiger partial charge in [0.1, 0.15) is 11.6 Å². The topological polar surface area (TPSA) is 37.9 Å². The van der Waals surface area contributed by atoms with Crippen LogP contribution in [0, 0.1) is 0 Å². The summed E-state index contributed by atoms with van der Waals surface area (Å²) in [7, 11) is 0. The third-order valence-electron chi connectivity index (χ3n) is 3.04. The number of rotatable bonds is 4. The zero-order valence-corrected chi connectivity index (χ0v) is 10.9. The molecule has 0 aliphatic heterocycles. The summed E-state index contributed by atoms with van der Waals surface area (Å²) in [5.74, 6) is 1.90. The molecule has 3 nitrogen and oxygen atoms in total. The minimum atomic E-state index is 0.697. The van der Waals surface area contributed by atoms with Crippen molar-refractivity contribution < 1.29 is 4.74 Å². The van der Waals surface area contributed by atoms with E-state index in [2.05, 4.69) is 22.1 Å². The number of nitrogens with zero attached hydrogens (tertiary/aromatic N) is 1. The fraction of sp³-hybridized carbons (Fsp3) is 0.188. The molecule has 96 valence electrons. The number of para-hydroxylation sites is 2. The second kappa shape index (κ2) is 5.14. The summed E-state index contributed by atoms with van der Waals surface area (Å²) in [4.78, 5) is 7.92. The third kappa shape index (κ3) is 2.60. The largest absolute Gasteiger partial charge is 0.494 e. The molecule has 0 atom stereocenters. The van der Waals surface area contributed by atoms with E-state index in [9.17, 15) is 0 Å². The molecule has 1 aromatic heterocycles. The first-order chi connectivity index (χ1) is 9.35. The Hall–Kier alpha value is -2.29. The molecule has 19 heavy (non-hydrogen) atoms. The van der Waals surface area contributed by atoms with Gasteiger partial charge in [-0.25, -0.2) is 4.98 Å². The van der Waals surface area contributed by atoms with E-state index in [1.165, 1.54) is 5.56 Å².